The molecule has 0 saturated heterocycles. The van der Waals surface area contributed by atoms with Gasteiger partial charge in [0.25, 0.3) is 0 Å². The van der Waals surface area contributed by atoms with Crippen LogP contribution in [0, 0.1) is 22.7 Å². The molecule has 0 bridgehead atoms. The number of fused-ring (bicyclic) bond motifs is 1. The minimum absolute atomic E-state index is 0.0723. The van der Waals surface area contributed by atoms with Crippen LogP contribution in [-0.4, -0.2) is 5.11 Å². The molecule has 0 unspecified atom stereocenters. The van der Waals surface area contributed by atoms with Gasteiger partial charge in [0.05, 0.1) is 0 Å². The van der Waals surface area contributed by atoms with Crippen LogP contribution < -0.4 is 0 Å². The predicted octanol–water partition coefficient (Wildman–Crippen LogP) is 2.98. The topological polar surface area (TPSA) is 67.8 Å². The van der Waals surface area contributed by atoms with Gasteiger partial charge in [-0.3, -0.25) is 0 Å². The fraction of sp³-hybridized carbons (Fsp3) is 0. The fourth-order valence-electron chi connectivity index (χ4n) is 1.60. The first-order valence-corrected chi connectivity index (χ1v) is 4.97. The molecular formula is C14H8N2O. The van der Waals surface area contributed by atoms with E-state index in [1.807, 2.05) is 24.3 Å². The molecule has 0 radical (unpaired) electrons. The second kappa shape index (κ2) is 4.38. The van der Waals surface area contributed by atoms with Crippen molar-refractivity contribution in [2.45, 2.75) is 0 Å². The van der Waals surface area contributed by atoms with Crippen LogP contribution in [0.2, 0.25) is 0 Å². The molecule has 0 amide bonds. The Morgan fingerprint density at radius 3 is 2.35 bits per heavy atom. The summed E-state index contributed by atoms with van der Waals surface area (Å²) >= 11 is 0. The van der Waals surface area contributed by atoms with Crippen LogP contribution in [0.3, 0.4) is 0 Å². The molecule has 80 valence electrons. The standard InChI is InChI=1S/C14H8N2O/c15-8-11(9-16)5-10-1-2-13-7-14(17)4-3-12(13)6-10/h1-7,17H. The smallest absolute Gasteiger partial charge is 0.130 e. The average molecular weight is 220 g/mol. The summed E-state index contributed by atoms with van der Waals surface area (Å²) in [6, 6.07) is 14.2. The average Bonchev–Trinajstić information content (AvgIpc) is 2.36. The highest BCUT2D eigenvalue weighted by atomic mass is 16.3. The molecule has 17 heavy (non-hydrogen) atoms. The van der Waals surface area contributed by atoms with Gasteiger partial charge in [0, 0.05) is 0 Å². The number of phenols is 1. The van der Waals surface area contributed by atoms with E-state index in [1.54, 1.807) is 24.3 Å². The van der Waals surface area contributed by atoms with Gasteiger partial charge >= 0.3 is 0 Å². The summed E-state index contributed by atoms with van der Waals surface area (Å²) in [7, 11) is 0. The van der Waals surface area contributed by atoms with Gasteiger partial charge in [-0.15, -0.1) is 0 Å². The zero-order valence-electron chi connectivity index (χ0n) is 8.88. The maximum absolute atomic E-state index is 9.32. The Morgan fingerprint density at radius 2 is 1.65 bits per heavy atom. The second-order valence-corrected chi connectivity index (χ2v) is 3.57. The van der Waals surface area contributed by atoms with Crippen LogP contribution in [0.4, 0.5) is 0 Å². The molecule has 0 saturated carbocycles. The van der Waals surface area contributed by atoms with Crippen molar-refractivity contribution in [3.05, 3.63) is 47.5 Å². The van der Waals surface area contributed by atoms with Gasteiger partial charge in [-0.2, -0.15) is 10.5 Å². The minimum Gasteiger partial charge on any atom is -0.508 e. The van der Waals surface area contributed by atoms with Gasteiger partial charge in [0.2, 0.25) is 0 Å². The number of aromatic hydroxyl groups is 1. The summed E-state index contributed by atoms with van der Waals surface area (Å²) in [5.41, 5.74) is 0.865. The summed E-state index contributed by atoms with van der Waals surface area (Å²) in [6.45, 7) is 0. The van der Waals surface area contributed by atoms with Gasteiger partial charge in [0.1, 0.15) is 23.5 Å². The lowest BCUT2D eigenvalue weighted by Crippen LogP contribution is -1.78. The SMILES string of the molecule is N#CC(C#N)=Cc1ccc2cc(O)ccc2c1. The third-order valence-electron chi connectivity index (χ3n) is 2.40. The van der Waals surface area contributed by atoms with E-state index in [0.717, 1.165) is 16.3 Å². The normalized spacial score (nSPS) is 9.29. The number of hydrogen-bond donors (Lipinski definition) is 1. The minimum atomic E-state index is 0.0723. The molecule has 0 spiro atoms. The number of rotatable bonds is 1. The molecule has 0 aliphatic rings. The number of phenolic OH excluding ortho intramolecular Hbond substituents is 1. The third-order valence-corrected chi connectivity index (χ3v) is 2.40. The van der Waals surface area contributed by atoms with Crippen molar-refractivity contribution in [2.75, 3.05) is 0 Å². The Balaban J connectivity index is 2.54. The van der Waals surface area contributed by atoms with Crippen LogP contribution in [0.5, 0.6) is 5.75 Å². The predicted molar refractivity (Wildman–Crippen MR) is 64.8 cm³/mol. The highest BCUT2D eigenvalue weighted by Crippen LogP contribution is 2.21. The first-order chi connectivity index (χ1) is 8.22. The molecule has 1 N–H and O–H groups in total. The Labute approximate surface area is 98.5 Å². The largest absolute Gasteiger partial charge is 0.508 e. The highest BCUT2D eigenvalue weighted by Gasteiger charge is 1.98. The van der Waals surface area contributed by atoms with Crippen LogP contribution in [0.15, 0.2) is 42.0 Å². The molecule has 0 aliphatic heterocycles. The van der Waals surface area contributed by atoms with E-state index in [2.05, 4.69) is 0 Å². The van der Waals surface area contributed by atoms with Crippen molar-refractivity contribution in [2.24, 2.45) is 0 Å². The van der Waals surface area contributed by atoms with Crippen molar-refractivity contribution in [1.82, 2.24) is 0 Å². The summed E-state index contributed by atoms with van der Waals surface area (Å²) < 4.78 is 0. The van der Waals surface area contributed by atoms with E-state index in [0.29, 0.717) is 0 Å². The maximum Gasteiger partial charge on any atom is 0.130 e. The summed E-state index contributed by atoms with van der Waals surface area (Å²) in [4.78, 5) is 0. The molecule has 0 aliphatic carbocycles. The lowest BCUT2D eigenvalue weighted by Gasteiger charge is -2.00. The molecule has 0 fully saturated rings. The van der Waals surface area contributed by atoms with Gasteiger partial charge in [-0.05, 0) is 40.6 Å². The van der Waals surface area contributed by atoms with Crippen molar-refractivity contribution in [3.8, 4) is 17.9 Å². The van der Waals surface area contributed by atoms with Crippen molar-refractivity contribution < 1.29 is 5.11 Å². The van der Waals surface area contributed by atoms with Gasteiger partial charge in [-0.25, -0.2) is 0 Å². The van der Waals surface area contributed by atoms with E-state index in [4.69, 9.17) is 10.5 Å². The second-order valence-electron chi connectivity index (χ2n) is 3.57. The number of nitriles is 2. The van der Waals surface area contributed by atoms with Crippen LogP contribution in [-0.2, 0) is 0 Å². The Hall–Kier alpha value is -2.78. The zero-order valence-corrected chi connectivity index (χ0v) is 8.88. The lowest BCUT2D eigenvalue weighted by molar-refractivity contribution is 0.476. The number of benzene rings is 2. The molecule has 2 aromatic carbocycles. The molecule has 2 aromatic rings. The monoisotopic (exact) mass is 220 g/mol. The summed E-state index contributed by atoms with van der Waals surface area (Å²) in [5, 5.41) is 28.5. The molecule has 2 rings (SSSR count). The zero-order chi connectivity index (χ0) is 12.3. The summed E-state index contributed by atoms with van der Waals surface area (Å²) in [6.07, 6.45) is 1.53. The van der Waals surface area contributed by atoms with Gasteiger partial charge in [-0.1, -0.05) is 18.2 Å². The van der Waals surface area contributed by atoms with Crippen molar-refractivity contribution >= 4 is 16.8 Å². The van der Waals surface area contributed by atoms with Gasteiger partial charge < -0.3 is 5.11 Å². The molecule has 0 heterocycles. The van der Waals surface area contributed by atoms with E-state index in [1.165, 1.54) is 6.08 Å². The highest BCUT2D eigenvalue weighted by molar-refractivity contribution is 5.86. The Kier molecular flexibility index (Phi) is 2.77. The molecule has 3 heteroatoms. The molecule has 0 aromatic heterocycles. The van der Waals surface area contributed by atoms with Crippen LogP contribution in [0.25, 0.3) is 16.8 Å². The first kappa shape index (κ1) is 10.7. The third kappa shape index (κ3) is 2.25. The van der Waals surface area contributed by atoms with E-state index >= 15 is 0 Å². The molecular weight excluding hydrogens is 212 g/mol. The fourth-order valence-corrected chi connectivity index (χ4v) is 1.60. The molecule has 3 nitrogen and oxygen atoms in total. The first-order valence-electron chi connectivity index (χ1n) is 4.97. The number of allylic oxidation sites excluding steroid dienone is 1. The number of nitrogens with zero attached hydrogens (tertiary/aromatic N) is 2. The Morgan fingerprint density at radius 1 is 1.00 bits per heavy atom. The quantitative estimate of drug-likeness (QED) is 0.751. The summed E-state index contributed by atoms with van der Waals surface area (Å²) in [5.74, 6) is 0.218. The van der Waals surface area contributed by atoms with Crippen LogP contribution >= 0.6 is 0 Å². The lowest BCUT2D eigenvalue weighted by atomic mass is 10.1. The Bertz CT molecular complexity index is 671. The van der Waals surface area contributed by atoms with Crippen molar-refractivity contribution in [3.63, 3.8) is 0 Å². The van der Waals surface area contributed by atoms with Gasteiger partial charge in [0.15, 0.2) is 0 Å². The number of hydrogen-bond acceptors (Lipinski definition) is 3. The maximum atomic E-state index is 9.32. The van der Waals surface area contributed by atoms with E-state index in [9.17, 15) is 5.11 Å². The van der Waals surface area contributed by atoms with Crippen LogP contribution in [0.1, 0.15) is 5.56 Å². The van der Waals surface area contributed by atoms with E-state index in [-0.39, 0.29) is 11.3 Å². The van der Waals surface area contributed by atoms with E-state index < -0.39 is 0 Å². The van der Waals surface area contributed by atoms with Crippen molar-refractivity contribution in [1.29, 1.82) is 10.5 Å². The molecule has 0 atom stereocenters.